The lowest BCUT2D eigenvalue weighted by atomic mass is 10.1. The number of thioether (sulfide) groups is 1. The molecule has 0 bridgehead atoms. The highest BCUT2D eigenvalue weighted by Crippen LogP contribution is 2.30. The van der Waals surface area contributed by atoms with Gasteiger partial charge in [0.05, 0.1) is 29.8 Å². The molecule has 3 heterocycles. The predicted octanol–water partition coefficient (Wildman–Crippen LogP) is 3.49. The number of nitrogens with zero attached hydrogens (tertiary/aromatic N) is 5. The van der Waals surface area contributed by atoms with Crippen molar-refractivity contribution in [2.45, 2.75) is 6.18 Å². The van der Waals surface area contributed by atoms with Crippen molar-refractivity contribution in [1.29, 1.82) is 0 Å². The third-order valence-electron chi connectivity index (χ3n) is 4.53. The van der Waals surface area contributed by atoms with E-state index in [1.165, 1.54) is 29.3 Å². The molecule has 1 amide bonds. The highest BCUT2D eigenvalue weighted by Gasteiger charge is 2.31. The minimum atomic E-state index is -4.52. The van der Waals surface area contributed by atoms with Crippen LogP contribution < -0.4 is 10.2 Å². The van der Waals surface area contributed by atoms with E-state index in [9.17, 15) is 18.0 Å². The lowest BCUT2D eigenvalue weighted by Gasteiger charge is -2.29. The lowest BCUT2D eigenvalue weighted by Crippen LogP contribution is -2.33. The van der Waals surface area contributed by atoms with Crippen LogP contribution in [0, 0.1) is 0 Å². The van der Waals surface area contributed by atoms with Crippen LogP contribution in [0.1, 0.15) is 15.9 Å². The van der Waals surface area contributed by atoms with Gasteiger partial charge in [0.15, 0.2) is 5.82 Å². The molecule has 1 aliphatic rings. The molecule has 0 radical (unpaired) electrons. The van der Waals surface area contributed by atoms with Gasteiger partial charge in [-0.15, -0.1) is 0 Å². The van der Waals surface area contributed by atoms with Crippen molar-refractivity contribution in [1.82, 2.24) is 19.7 Å². The zero-order valence-electron chi connectivity index (χ0n) is 15.6. The molecule has 30 heavy (non-hydrogen) atoms. The van der Waals surface area contributed by atoms with E-state index in [1.54, 1.807) is 12.4 Å². The molecule has 1 N–H and O–H groups in total. The molecule has 4 rings (SSSR count). The number of anilines is 2. The largest absolute Gasteiger partial charge is 0.416 e. The summed E-state index contributed by atoms with van der Waals surface area (Å²) in [5.74, 6) is 1.92. The van der Waals surface area contributed by atoms with Crippen molar-refractivity contribution >= 4 is 29.0 Å². The van der Waals surface area contributed by atoms with Crippen molar-refractivity contribution in [2.75, 3.05) is 34.8 Å². The van der Waals surface area contributed by atoms with Gasteiger partial charge in [-0.05, 0) is 18.2 Å². The van der Waals surface area contributed by atoms with Crippen molar-refractivity contribution in [3.63, 3.8) is 0 Å². The van der Waals surface area contributed by atoms with Crippen LogP contribution in [0.2, 0.25) is 0 Å². The molecular formula is C19H17F3N6OS. The van der Waals surface area contributed by atoms with E-state index in [-0.39, 0.29) is 5.56 Å². The number of nitrogens with one attached hydrogen (secondary N) is 1. The van der Waals surface area contributed by atoms with Gasteiger partial charge in [-0.2, -0.15) is 30.0 Å². The molecule has 1 aliphatic heterocycles. The van der Waals surface area contributed by atoms with E-state index in [2.05, 4.69) is 25.3 Å². The van der Waals surface area contributed by atoms with Crippen LogP contribution in [0.15, 0.2) is 49.2 Å². The summed E-state index contributed by atoms with van der Waals surface area (Å²) in [4.78, 5) is 23.0. The second kappa shape index (κ2) is 8.34. The standard InChI is InChI=1S/C19H17F3N6OS/c20-19(21,22)14-3-1-2-13(8-14)18(29)26-15-9-25-28(11-15)17-16(10-23-12-24-17)27-4-6-30-7-5-27/h1-3,8-12H,4-7H2,(H,26,29). The summed E-state index contributed by atoms with van der Waals surface area (Å²) in [5.41, 5.74) is 0.204. The van der Waals surface area contributed by atoms with Crippen molar-refractivity contribution in [3.05, 3.63) is 60.3 Å². The summed E-state index contributed by atoms with van der Waals surface area (Å²) in [6, 6.07) is 4.26. The minimum absolute atomic E-state index is 0.0916. The Hall–Kier alpha value is -3.08. The summed E-state index contributed by atoms with van der Waals surface area (Å²) >= 11 is 1.88. The monoisotopic (exact) mass is 434 g/mol. The molecule has 7 nitrogen and oxygen atoms in total. The van der Waals surface area contributed by atoms with Gasteiger partial charge in [-0.1, -0.05) is 6.07 Å². The zero-order valence-corrected chi connectivity index (χ0v) is 16.5. The number of amides is 1. The van der Waals surface area contributed by atoms with E-state index in [0.717, 1.165) is 42.4 Å². The Balaban J connectivity index is 1.54. The summed E-state index contributed by atoms with van der Waals surface area (Å²) in [6.45, 7) is 1.73. The van der Waals surface area contributed by atoms with Crippen LogP contribution in [0.4, 0.5) is 24.5 Å². The summed E-state index contributed by atoms with van der Waals surface area (Å²) < 4.78 is 40.1. The first-order valence-electron chi connectivity index (χ1n) is 9.08. The summed E-state index contributed by atoms with van der Waals surface area (Å²) in [7, 11) is 0. The van der Waals surface area contributed by atoms with E-state index in [0.29, 0.717) is 11.5 Å². The highest BCUT2D eigenvalue weighted by molar-refractivity contribution is 7.99. The van der Waals surface area contributed by atoms with Gasteiger partial charge in [-0.3, -0.25) is 4.79 Å². The average Bonchev–Trinajstić information content (AvgIpc) is 3.22. The number of rotatable bonds is 4. The number of aromatic nitrogens is 4. The molecule has 0 aliphatic carbocycles. The van der Waals surface area contributed by atoms with Crippen molar-refractivity contribution in [2.24, 2.45) is 0 Å². The SMILES string of the molecule is O=C(Nc1cnn(-c2ncncc2N2CCSCC2)c1)c1cccc(C(F)(F)F)c1. The normalized spacial score (nSPS) is 14.6. The second-order valence-corrected chi connectivity index (χ2v) is 7.76. The van der Waals surface area contributed by atoms with Crippen LogP contribution in [0.3, 0.4) is 0 Å². The highest BCUT2D eigenvalue weighted by atomic mass is 32.2. The van der Waals surface area contributed by atoms with E-state index < -0.39 is 17.6 Å². The topological polar surface area (TPSA) is 75.9 Å². The molecule has 156 valence electrons. The summed E-state index contributed by atoms with van der Waals surface area (Å²) in [5, 5.41) is 6.82. The van der Waals surface area contributed by atoms with Crippen LogP contribution >= 0.6 is 11.8 Å². The number of hydrogen-bond donors (Lipinski definition) is 1. The Morgan fingerprint density at radius 2 is 1.97 bits per heavy atom. The molecule has 0 spiro atoms. The second-order valence-electron chi connectivity index (χ2n) is 6.54. The van der Waals surface area contributed by atoms with Gasteiger partial charge in [0.2, 0.25) is 0 Å². The third kappa shape index (κ3) is 4.40. The smallest absolute Gasteiger partial charge is 0.366 e. The Morgan fingerprint density at radius 1 is 1.17 bits per heavy atom. The third-order valence-corrected chi connectivity index (χ3v) is 5.48. The molecule has 2 aromatic heterocycles. The fraction of sp³-hybridized carbons (Fsp3) is 0.263. The number of halogens is 3. The van der Waals surface area contributed by atoms with Crippen LogP contribution in [0.25, 0.3) is 5.82 Å². The average molecular weight is 434 g/mol. The first-order chi connectivity index (χ1) is 14.4. The summed E-state index contributed by atoms with van der Waals surface area (Å²) in [6.07, 6.45) is 1.61. The molecule has 0 unspecified atom stereocenters. The Morgan fingerprint density at radius 3 is 2.73 bits per heavy atom. The molecule has 1 saturated heterocycles. The minimum Gasteiger partial charge on any atom is -0.366 e. The van der Waals surface area contributed by atoms with E-state index in [4.69, 9.17) is 0 Å². The maximum atomic E-state index is 12.9. The van der Waals surface area contributed by atoms with Crippen molar-refractivity contribution < 1.29 is 18.0 Å². The number of alkyl halides is 3. The first-order valence-corrected chi connectivity index (χ1v) is 10.2. The van der Waals surface area contributed by atoms with Gasteiger partial charge >= 0.3 is 6.18 Å². The van der Waals surface area contributed by atoms with E-state index in [1.807, 2.05) is 11.8 Å². The fourth-order valence-corrected chi connectivity index (χ4v) is 3.97. The molecule has 1 aromatic carbocycles. The molecule has 0 saturated carbocycles. The Labute approximate surface area is 174 Å². The predicted molar refractivity (Wildman–Crippen MR) is 108 cm³/mol. The lowest BCUT2D eigenvalue weighted by molar-refractivity contribution is -0.137. The zero-order chi connectivity index (χ0) is 21.1. The van der Waals surface area contributed by atoms with Crippen LogP contribution in [-0.2, 0) is 6.18 Å². The maximum Gasteiger partial charge on any atom is 0.416 e. The molecule has 3 aromatic rings. The molecule has 0 atom stereocenters. The quantitative estimate of drug-likeness (QED) is 0.678. The van der Waals surface area contributed by atoms with Gasteiger partial charge in [-0.25, -0.2) is 14.6 Å². The molecule has 1 fully saturated rings. The number of hydrogen-bond acceptors (Lipinski definition) is 6. The molecular weight excluding hydrogens is 417 g/mol. The van der Waals surface area contributed by atoms with Crippen molar-refractivity contribution in [3.8, 4) is 5.82 Å². The maximum absolute atomic E-state index is 12.9. The number of carbonyl (C=O) groups is 1. The Kier molecular flexibility index (Phi) is 5.62. The van der Waals surface area contributed by atoms with Gasteiger partial charge < -0.3 is 10.2 Å². The molecule has 11 heteroatoms. The van der Waals surface area contributed by atoms with Gasteiger partial charge in [0, 0.05) is 30.2 Å². The first kappa shape index (κ1) is 20.2. The van der Waals surface area contributed by atoms with E-state index >= 15 is 0 Å². The number of benzene rings is 1. The van der Waals surface area contributed by atoms with Crippen LogP contribution in [-0.4, -0.2) is 50.3 Å². The fourth-order valence-electron chi connectivity index (χ4n) is 3.06. The van der Waals surface area contributed by atoms with Gasteiger partial charge in [0.1, 0.15) is 12.0 Å². The number of carbonyl (C=O) groups excluding carboxylic acids is 1. The van der Waals surface area contributed by atoms with Crippen LogP contribution in [0.5, 0.6) is 0 Å². The Bertz CT molecular complexity index is 1050. The van der Waals surface area contributed by atoms with Gasteiger partial charge in [0.25, 0.3) is 5.91 Å².